The number of aryl methyl sites for hydroxylation is 1. The van der Waals surface area contributed by atoms with Gasteiger partial charge in [-0.15, -0.1) is 0 Å². The van der Waals surface area contributed by atoms with Gasteiger partial charge in [-0.1, -0.05) is 13.0 Å². The fraction of sp³-hybridized carbons (Fsp3) is 0.526. The average molecular weight is 301 g/mol. The molecule has 1 aliphatic heterocycles. The molecule has 0 unspecified atom stereocenters. The van der Waals surface area contributed by atoms with Crippen LogP contribution in [-0.4, -0.2) is 25.2 Å². The second kappa shape index (κ2) is 7.48. The number of nitrogens with zero attached hydrogens (tertiary/aromatic N) is 1. The highest BCUT2D eigenvalue weighted by Gasteiger charge is 2.19. The molecule has 3 heteroatoms. The predicted molar refractivity (Wildman–Crippen MR) is 92.1 cm³/mol. The second-order valence-corrected chi connectivity index (χ2v) is 6.01. The van der Waals surface area contributed by atoms with Crippen molar-refractivity contribution in [2.75, 3.05) is 18.1 Å². The smallest absolute Gasteiger partial charge is 0.331 e. The molecule has 22 heavy (non-hydrogen) atoms. The maximum Gasteiger partial charge on any atom is 0.331 e. The number of carbonyl (C=O) groups excluding carboxylic acids is 1. The summed E-state index contributed by atoms with van der Waals surface area (Å²) in [6.45, 7) is 9.92. The first-order valence-corrected chi connectivity index (χ1v) is 8.34. The number of ether oxygens (including phenoxy) is 1. The quantitative estimate of drug-likeness (QED) is 0.603. The van der Waals surface area contributed by atoms with E-state index in [4.69, 9.17) is 4.74 Å². The largest absolute Gasteiger partial charge is 0.463 e. The van der Waals surface area contributed by atoms with E-state index in [-0.39, 0.29) is 5.97 Å². The Labute approximate surface area is 134 Å². The number of fused-ring (bicyclic) bond motifs is 1. The number of allylic oxidation sites excluding steroid dienone is 1. The van der Waals surface area contributed by atoms with Crippen LogP contribution in [0.2, 0.25) is 0 Å². The van der Waals surface area contributed by atoms with E-state index >= 15 is 0 Å². The highest BCUT2D eigenvalue weighted by atomic mass is 16.5. The molecule has 1 heterocycles. The minimum atomic E-state index is -0.249. The van der Waals surface area contributed by atoms with Crippen LogP contribution >= 0.6 is 0 Å². The van der Waals surface area contributed by atoms with Crippen molar-refractivity contribution < 1.29 is 9.53 Å². The summed E-state index contributed by atoms with van der Waals surface area (Å²) in [5, 5.41) is 0. The molecule has 1 aliphatic rings. The van der Waals surface area contributed by atoms with Crippen molar-refractivity contribution in [2.24, 2.45) is 0 Å². The molecule has 0 saturated heterocycles. The van der Waals surface area contributed by atoms with Gasteiger partial charge in [-0.25, -0.2) is 4.79 Å². The maximum atomic E-state index is 11.7. The molecule has 0 fully saturated rings. The van der Waals surface area contributed by atoms with Gasteiger partial charge < -0.3 is 9.64 Å². The van der Waals surface area contributed by atoms with E-state index in [9.17, 15) is 4.79 Å². The first kappa shape index (κ1) is 16.6. The van der Waals surface area contributed by atoms with Gasteiger partial charge in [0.1, 0.15) is 0 Å². The van der Waals surface area contributed by atoms with E-state index in [0.717, 1.165) is 30.5 Å². The monoisotopic (exact) mass is 301 g/mol. The standard InChI is InChI=1S/C19H27NO2/c1-5-15(13-19(21)22-6-2)16-9-10-18-17(12-16)8-7-11-20(18)14(3)4/h9-10,12-14H,5-8,11H2,1-4H3/b15-13+. The minimum Gasteiger partial charge on any atom is -0.463 e. The molecular formula is C19H27NO2. The molecule has 3 nitrogen and oxygen atoms in total. The third kappa shape index (κ3) is 3.70. The van der Waals surface area contributed by atoms with Crippen molar-refractivity contribution in [1.29, 1.82) is 0 Å². The summed E-state index contributed by atoms with van der Waals surface area (Å²) in [7, 11) is 0. The molecule has 0 saturated carbocycles. The Morgan fingerprint density at radius 2 is 2.14 bits per heavy atom. The predicted octanol–water partition coefficient (Wildman–Crippen LogP) is 4.20. The number of rotatable bonds is 5. The molecule has 120 valence electrons. The molecule has 0 spiro atoms. The van der Waals surface area contributed by atoms with E-state index in [2.05, 4.69) is 43.9 Å². The molecule has 2 rings (SSSR count). The van der Waals surface area contributed by atoms with Gasteiger partial charge in [-0.05, 0) is 68.9 Å². The van der Waals surface area contributed by atoms with Crippen LogP contribution in [0.3, 0.4) is 0 Å². The van der Waals surface area contributed by atoms with Crippen LogP contribution in [0.4, 0.5) is 5.69 Å². The van der Waals surface area contributed by atoms with E-state index in [1.807, 2.05) is 6.92 Å². The number of benzene rings is 1. The van der Waals surface area contributed by atoms with Gasteiger partial charge in [0.2, 0.25) is 0 Å². The van der Waals surface area contributed by atoms with Crippen LogP contribution in [0.25, 0.3) is 5.57 Å². The SMILES string of the molecule is CCOC(=O)/C=C(\CC)c1ccc2c(c1)CCCN2C(C)C. The summed E-state index contributed by atoms with van der Waals surface area (Å²) in [5.41, 5.74) is 4.92. The number of carbonyl (C=O) groups is 1. The highest BCUT2D eigenvalue weighted by Crippen LogP contribution is 2.32. The number of hydrogen-bond acceptors (Lipinski definition) is 3. The van der Waals surface area contributed by atoms with Gasteiger partial charge in [-0.3, -0.25) is 0 Å². The van der Waals surface area contributed by atoms with E-state index in [1.165, 1.54) is 17.7 Å². The van der Waals surface area contributed by atoms with E-state index in [0.29, 0.717) is 12.6 Å². The van der Waals surface area contributed by atoms with Crippen molar-refractivity contribution in [3.05, 3.63) is 35.4 Å². The molecule has 0 aromatic heterocycles. The zero-order valence-corrected chi connectivity index (χ0v) is 14.2. The Bertz CT molecular complexity index is 561. The van der Waals surface area contributed by atoms with E-state index < -0.39 is 0 Å². The van der Waals surface area contributed by atoms with Gasteiger partial charge in [0.05, 0.1) is 6.61 Å². The van der Waals surface area contributed by atoms with Gasteiger partial charge in [0, 0.05) is 24.4 Å². The fourth-order valence-corrected chi connectivity index (χ4v) is 3.08. The normalized spacial score (nSPS) is 15.0. The molecule has 1 aromatic rings. The van der Waals surface area contributed by atoms with Crippen molar-refractivity contribution in [3.8, 4) is 0 Å². The Balaban J connectivity index is 2.32. The molecule has 0 bridgehead atoms. The molecule has 0 N–H and O–H groups in total. The summed E-state index contributed by atoms with van der Waals surface area (Å²) in [5.74, 6) is -0.249. The summed E-state index contributed by atoms with van der Waals surface area (Å²) in [6, 6.07) is 7.11. The number of esters is 1. The highest BCUT2D eigenvalue weighted by molar-refractivity contribution is 5.91. The van der Waals surface area contributed by atoms with Crippen LogP contribution in [0.1, 0.15) is 51.7 Å². The Morgan fingerprint density at radius 3 is 2.77 bits per heavy atom. The summed E-state index contributed by atoms with van der Waals surface area (Å²) >= 11 is 0. The van der Waals surface area contributed by atoms with Gasteiger partial charge in [-0.2, -0.15) is 0 Å². The number of hydrogen-bond donors (Lipinski definition) is 0. The molecule has 0 radical (unpaired) electrons. The molecule has 1 aromatic carbocycles. The zero-order chi connectivity index (χ0) is 16.1. The summed E-state index contributed by atoms with van der Waals surface area (Å²) in [6.07, 6.45) is 4.76. The summed E-state index contributed by atoms with van der Waals surface area (Å²) < 4.78 is 5.03. The lowest BCUT2D eigenvalue weighted by molar-refractivity contribution is -0.137. The first-order chi connectivity index (χ1) is 10.6. The van der Waals surface area contributed by atoms with Crippen LogP contribution in [-0.2, 0) is 16.0 Å². The maximum absolute atomic E-state index is 11.7. The van der Waals surface area contributed by atoms with E-state index in [1.54, 1.807) is 6.08 Å². The number of anilines is 1. The van der Waals surface area contributed by atoms with Crippen LogP contribution in [0.15, 0.2) is 24.3 Å². The Morgan fingerprint density at radius 1 is 1.36 bits per heavy atom. The lowest BCUT2D eigenvalue weighted by Gasteiger charge is -2.35. The van der Waals surface area contributed by atoms with Crippen LogP contribution < -0.4 is 4.90 Å². The van der Waals surface area contributed by atoms with Crippen molar-refractivity contribution in [2.45, 2.75) is 53.0 Å². The zero-order valence-electron chi connectivity index (χ0n) is 14.2. The second-order valence-electron chi connectivity index (χ2n) is 6.01. The lowest BCUT2D eigenvalue weighted by Crippen LogP contribution is -2.35. The van der Waals surface area contributed by atoms with Gasteiger partial charge >= 0.3 is 5.97 Å². The fourth-order valence-electron chi connectivity index (χ4n) is 3.08. The van der Waals surface area contributed by atoms with Crippen LogP contribution in [0.5, 0.6) is 0 Å². The van der Waals surface area contributed by atoms with Crippen molar-refractivity contribution in [1.82, 2.24) is 0 Å². The molecular weight excluding hydrogens is 274 g/mol. The average Bonchev–Trinajstić information content (AvgIpc) is 2.51. The Kier molecular flexibility index (Phi) is 5.64. The lowest BCUT2D eigenvalue weighted by atomic mass is 9.94. The van der Waals surface area contributed by atoms with Crippen LogP contribution in [0, 0.1) is 0 Å². The van der Waals surface area contributed by atoms with Gasteiger partial charge in [0.25, 0.3) is 0 Å². The minimum absolute atomic E-state index is 0.249. The topological polar surface area (TPSA) is 29.5 Å². The third-order valence-electron chi connectivity index (χ3n) is 4.19. The summed E-state index contributed by atoms with van der Waals surface area (Å²) in [4.78, 5) is 14.2. The van der Waals surface area contributed by atoms with Crippen molar-refractivity contribution in [3.63, 3.8) is 0 Å². The molecule has 0 atom stereocenters. The molecule has 0 amide bonds. The van der Waals surface area contributed by atoms with Crippen molar-refractivity contribution >= 4 is 17.2 Å². The van der Waals surface area contributed by atoms with Gasteiger partial charge in [0.15, 0.2) is 0 Å². The first-order valence-electron chi connectivity index (χ1n) is 8.34. The molecule has 0 aliphatic carbocycles. The Hall–Kier alpha value is -1.77. The third-order valence-corrected chi connectivity index (χ3v) is 4.19.